The molecule has 1 aliphatic carbocycles. The number of carboxylic acid groups (broad SMARTS) is 1. The molecule has 0 radical (unpaired) electrons. The van der Waals surface area contributed by atoms with Gasteiger partial charge in [0.1, 0.15) is 17.7 Å². The maximum Gasteiger partial charge on any atom is 0.306 e. The maximum atomic E-state index is 13.0. The molecule has 28 heavy (non-hydrogen) atoms. The molecule has 2 aromatic rings. The third-order valence-electron chi connectivity index (χ3n) is 5.84. The summed E-state index contributed by atoms with van der Waals surface area (Å²) < 4.78 is 19.1. The average molecular weight is 383 g/mol. The van der Waals surface area contributed by atoms with Crippen molar-refractivity contribution in [2.24, 2.45) is 11.8 Å². The van der Waals surface area contributed by atoms with Crippen molar-refractivity contribution in [1.82, 2.24) is 0 Å². The van der Waals surface area contributed by atoms with Crippen LogP contribution in [0.5, 0.6) is 5.75 Å². The van der Waals surface area contributed by atoms with Crippen LogP contribution in [-0.4, -0.2) is 30.3 Å². The van der Waals surface area contributed by atoms with Gasteiger partial charge in [-0.2, -0.15) is 0 Å². The number of hydrogen-bond acceptors (Lipinski definition) is 3. The zero-order valence-corrected chi connectivity index (χ0v) is 15.9. The van der Waals surface area contributed by atoms with E-state index in [1.54, 1.807) is 12.1 Å². The van der Waals surface area contributed by atoms with Gasteiger partial charge in [0.2, 0.25) is 0 Å². The smallest absolute Gasteiger partial charge is 0.306 e. The molecule has 5 heteroatoms. The molecule has 2 aromatic carbocycles. The van der Waals surface area contributed by atoms with E-state index in [2.05, 4.69) is 29.2 Å². The molecule has 1 heterocycles. The van der Waals surface area contributed by atoms with Crippen LogP contribution in [0.3, 0.4) is 0 Å². The van der Waals surface area contributed by atoms with E-state index in [0.717, 1.165) is 45.2 Å². The van der Waals surface area contributed by atoms with Gasteiger partial charge in [-0.1, -0.05) is 12.1 Å². The molecule has 1 saturated heterocycles. The number of aryl methyl sites for hydroxylation is 1. The fourth-order valence-corrected chi connectivity index (χ4v) is 4.07. The van der Waals surface area contributed by atoms with Gasteiger partial charge in [0.05, 0.1) is 12.5 Å². The lowest BCUT2D eigenvalue weighted by molar-refractivity contribution is -0.138. The zero-order valence-electron chi connectivity index (χ0n) is 15.9. The van der Waals surface area contributed by atoms with Gasteiger partial charge in [-0.05, 0) is 80.0 Å². The van der Waals surface area contributed by atoms with E-state index >= 15 is 0 Å². The molecule has 1 aliphatic heterocycles. The van der Waals surface area contributed by atoms with Crippen LogP contribution in [0, 0.1) is 17.7 Å². The van der Waals surface area contributed by atoms with Crippen molar-refractivity contribution in [2.45, 2.75) is 38.2 Å². The molecule has 2 aliphatic rings. The Hall–Kier alpha value is -2.56. The topological polar surface area (TPSA) is 49.8 Å². The molecule has 2 fully saturated rings. The molecule has 3 atom stereocenters. The largest absolute Gasteiger partial charge is 0.489 e. The zero-order chi connectivity index (χ0) is 19.5. The molecular weight excluding hydrogens is 357 g/mol. The van der Waals surface area contributed by atoms with Crippen molar-refractivity contribution < 1.29 is 19.0 Å². The minimum atomic E-state index is -0.650. The number of halogens is 1. The highest BCUT2D eigenvalue weighted by Gasteiger charge is 2.42. The first-order chi connectivity index (χ1) is 13.6. The summed E-state index contributed by atoms with van der Waals surface area (Å²) in [5.74, 6) is 0.0402. The van der Waals surface area contributed by atoms with Gasteiger partial charge in [-0.3, -0.25) is 4.79 Å². The molecular formula is C23H26FNO3. The van der Waals surface area contributed by atoms with Crippen molar-refractivity contribution in [1.29, 1.82) is 0 Å². The summed E-state index contributed by atoms with van der Waals surface area (Å²) >= 11 is 0. The lowest BCUT2D eigenvalue weighted by atomic mass is 10.0. The first-order valence-electron chi connectivity index (χ1n) is 10.1. The molecule has 1 saturated carbocycles. The number of carbonyl (C=O) groups is 1. The number of carboxylic acids is 1. The molecule has 148 valence electrons. The highest BCUT2D eigenvalue weighted by Crippen LogP contribution is 2.42. The Morgan fingerprint density at radius 2 is 1.89 bits per heavy atom. The van der Waals surface area contributed by atoms with Crippen LogP contribution in [0.25, 0.3) is 0 Å². The quantitative estimate of drug-likeness (QED) is 0.763. The SMILES string of the molecule is O=C(O)[C@@H]1C[C@H]1CCc1ccc(N2CCCC(Oc3ccc(F)cc3)C2)cc1. The van der Waals surface area contributed by atoms with E-state index < -0.39 is 5.97 Å². The Balaban J connectivity index is 1.29. The summed E-state index contributed by atoms with van der Waals surface area (Å²) in [4.78, 5) is 13.3. The van der Waals surface area contributed by atoms with Crippen molar-refractivity contribution in [2.75, 3.05) is 18.0 Å². The molecule has 1 N–H and O–H groups in total. The van der Waals surface area contributed by atoms with Gasteiger partial charge in [0.15, 0.2) is 0 Å². The van der Waals surface area contributed by atoms with Gasteiger partial charge < -0.3 is 14.7 Å². The second-order valence-corrected chi connectivity index (χ2v) is 7.93. The molecule has 0 aromatic heterocycles. The normalized spacial score (nSPS) is 24.0. The fraction of sp³-hybridized carbons (Fsp3) is 0.435. The number of nitrogens with zero attached hydrogens (tertiary/aromatic N) is 1. The van der Waals surface area contributed by atoms with E-state index in [4.69, 9.17) is 9.84 Å². The van der Waals surface area contributed by atoms with Crippen LogP contribution in [0.15, 0.2) is 48.5 Å². The Morgan fingerprint density at radius 1 is 1.14 bits per heavy atom. The van der Waals surface area contributed by atoms with Crippen LogP contribution in [-0.2, 0) is 11.2 Å². The molecule has 0 bridgehead atoms. The number of ether oxygens (including phenoxy) is 1. The monoisotopic (exact) mass is 383 g/mol. The van der Waals surface area contributed by atoms with Crippen LogP contribution in [0.2, 0.25) is 0 Å². The Bertz CT molecular complexity index is 806. The highest BCUT2D eigenvalue weighted by molar-refractivity contribution is 5.73. The standard InChI is InChI=1S/C23H26FNO3/c24-18-7-11-20(12-8-18)28-21-2-1-13-25(15-21)19-9-4-16(5-10-19)3-6-17-14-22(17)23(26)27/h4-5,7-12,17,21-22H,1-3,6,13-15H2,(H,26,27)/t17-,21?,22-/m1/s1. The van der Waals surface area contributed by atoms with E-state index in [9.17, 15) is 9.18 Å². The summed E-state index contributed by atoms with van der Waals surface area (Å²) in [6.07, 6.45) is 4.88. The van der Waals surface area contributed by atoms with Crippen molar-refractivity contribution >= 4 is 11.7 Å². The Morgan fingerprint density at radius 3 is 2.57 bits per heavy atom. The second-order valence-electron chi connectivity index (χ2n) is 7.93. The molecule has 4 nitrogen and oxygen atoms in total. The Labute approximate surface area is 164 Å². The van der Waals surface area contributed by atoms with Crippen molar-refractivity contribution in [3.8, 4) is 5.75 Å². The average Bonchev–Trinajstić information content (AvgIpc) is 3.49. The summed E-state index contributed by atoms with van der Waals surface area (Å²) in [5.41, 5.74) is 2.45. The van der Waals surface area contributed by atoms with Crippen molar-refractivity contribution in [3.63, 3.8) is 0 Å². The van der Waals surface area contributed by atoms with E-state index in [1.165, 1.54) is 23.4 Å². The number of benzene rings is 2. The molecule has 0 spiro atoms. The van der Waals surface area contributed by atoms with Crippen LogP contribution >= 0.6 is 0 Å². The van der Waals surface area contributed by atoms with Crippen molar-refractivity contribution in [3.05, 3.63) is 59.9 Å². The predicted octanol–water partition coefficient (Wildman–Crippen LogP) is 4.53. The third-order valence-corrected chi connectivity index (χ3v) is 5.84. The van der Waals surface area contributed by atoms with Crippen LogP contribution in [0.4, 0.5) is 10.1 Å². The second kappa shape index (κ2) is 8.21. The number of hydrogen-bond donors (Lipinski definition) is 1. The summed E-state index contributed by atoms with van der Waals surface area (Å²) in [7, 11) is 0. The molecule has 4 rings (SSSR count). The number of piperidine rings is 1. The minimum Gasteiger partial charge on any atom is -0.489 e. The van der Waals surface area contributed by atoms with Gasteiger partial charge in [0.25, 0.3) is 0 Å². The molecule has 1 unspecified atom stereocenters. The van der Waals surface area contributed by atoms with Gasteiger partial charge in [-0.25, -0.2) is 4.39 Å². The fourth-order valence-electron chi connectivity index (χ4n) is 4.07. The predicted molar refractivity (Wildman–Crippen MR) is 106 cm³/mol. The first-order valence-corrected chi connectivity index (χ1v) is 10.1. The third kappa shape index (κ3) is 4.64. The minimum absolute atomic E-state index is 0.0988. The number of anilines is 1. The van der Waals surface area contributed by atoms with Crippen LogP contribution < -0.4 is 9.64 Å². The first kappa shape index (κ1) is 18.8. The van der Waals surface area contributed by atoms with Gasteiger partial charge in [0, 0.05) is 12.2 Å². The van der Waals surface area contributed by atoms with E-state index in [0.29, 0.717) is 11.7 Å². The lowest BCUT2D eigenvalue weighted by Gasteiger charge is -2.34. The maximum absolute atomic E-state index is 13.0. The Kier molecular flexibility index (Phi) is 5.51. The van der Waals surface area contributed by atoms with E-state index in [1.807, 2.05) is 0 Å². The molecule has 0 amide bonds. The summed E-state index contributed by atoms with van der Waals surface area (Å²) in [6.45, 7) is 1.82. The summed E-state index contributed by atoms with van der Waals surface area (Å²) in [5, 5.41) is 9.00. The summed E-state index contributed by atoms with van der Waals surface area (Å²) in [6, 6.07) is 14.8. The van der Waals surface area contributed by atoms with E-state index in [-0.39, 0.29) is 17.8 Å². The van der Waals surface area contributed by atoms with Crippen LogP contribution in [0.1, 0.15) is 31.2 Å². The van der Waals surface area contributed by atoms with Gasteiger partial charge in [-0.15, -0.1) is 0 Å². The highest BCUT2D eigenvalue weighted by atomic mass is 19.1. The lowest BCUT2D eigenvalue weighted by Crippen LogP contribution is -2.41. The number of aliphatic carboxylic acids is 1. The number of rotatable bonds is 7. The van der Waals surface area contributed by atoms with Gasteiger partial charge >= 0.3 is 5.97 Å².